The summed E-state index contributed by atoms with van der Waals surface area (Å²) in [6, 6.07) is 34.8. The Morgan fingerprint density at radius 1 is 0.529 bits per heavy atom. The topological polar surface area (TPSA) is 87.0 Å². The van der Waals surface area contributed by atoms with Gasteiger partial charge in [-0.3, -0.25) is 0 Å². The van der Waals surface area contributed by atoms with Crippen molar-refractivity contribution in [3.8, 4) is 50.6 Å². The molecule has 9 aromatic rings. The Kier molecular flexibility index (Phi) is 6.28. The summed E-state index contributed by atoms with van der Waals surface area (Å²) in [6.07, 6.45) is 5.66. The molecule has 0 spiro atoms. The molecule has 0 atom stereocenters. The molecule has 0 bridgehead atoms. The molecule has 7 aromatic carbocycles. The van der Waals surface area contributed by atoms with Gasteiger partial charge >= 0.3 is 0 Å². The highest BCUT2D eigenvalue weighted by Crippen LogP contribution is 2.51. The maximum absolute atomic E-state index is 11.3. The highest BCUT2D eigenvalue weighted by atomic mass is 16.3. The van der Waals surface area contributed by atoms with E-state index < -0.39 is 17.2 Å². The largest absolute Gasteiger partial charge is 0.505 e. The first-order chi connectivity index (χ1) is 24.9. The van der Waals surface area contributed by atoms with Gasteiger partial charge in [-0.1, -0.05) is 95.9 Å². The molecule has 7 heteroatoms. The summed E-state index contributed by atoms with van der Waals surface area (Å²) in [4.78, 5) is 0. The van der Waals surface area contributed by atoms with Crippen molar-refractivity contribution in [2.24, 2.45) is 0 Å². The molecule has 10 rings (SSSR count). The van der Waals surface area contributed by atoms with E-state index in [1.807, 2.05) is 66.7 Å². The molecule has 0 unspecified atom stereocenters. The van der Waals surface area contributed by atoms with Crippen molar-refractivity contribution in [1.82, 2.24) is 0 Å². The van der Waals surface area contributed by atoms with Crippen molar-refractivity contribution >= 4 is 87.3 Å². The first-order valence-corrected chi connectivity index (χ1v) is 16.8. The first-order valence-electron chi connectivity index (χ1n) is 16.8. The van der Waals surface area contributed by atoms with Gasteiger partial charge in [0.15, 0.2) is 17.2 Å². The second-order valence-electron chi connectivity index (χ2n) is 13.1. The number of fused-ring (bicyclic) bond motifs is 8. The van der Waals surface area contributed by atoms with Crippen molar-refractivity contribution in [1.29, 1.82) is 0 Å². The third-order valence-electron chi connectivity index (χ3n) is 10.4. The van der Waals surface area contributed by atoms with Gasteiger partial charge in [-0.25, -0.2) is 0 Å². The standard InChI is InChI=1S/C44H26B2O5/c45-39-38(41(47)43(49)42(48)40(39)46)36-27-12-3-1-10-25(27)35(26-11-2-4-13-28(26)36)30-19-18-23(37-29-14-6-8-16-33(29)51-44(30)37)22-17-20-34-31(21-22)24-9-5-7-15-32(24)50-34/h1,3-10,12-21,47-49H,2,11H2. The molecule has 0 saturated carbocycles. The minimum atomic E-state index is -0.709. The van der Waals surface area contributed by atoms with Crippen LogP contribution in [-0.4, -0.2) is 31.0 Å². The van der Waals surface area contributed by atoms with E-state index in [0.717, 1.165) is 94.5 Å². The minimum absolute atomic E-state index is 0.00623. The molecular formula is C44H26B2O5. The summed E-state index contributed by atoms with van der Waals surface area (Å²) in [7, 11) is 12.7. The summed E-state index contributed by atoms with van der Waals surface area (Å²) < 4.78 is 13.0. The van der Waals surface area contributed by atoms with Crippen molar-refractivity contribution in [2.45, 2.75) is 12.8 Å². The van der Waals surface area contributed by atoms with E-state index in [2.05, 4.69) is 48.5 Å². The minimum Gasteiger partial charge on any atom is -0.505 e. The van der Waals surface area contributed by atoms with Crippen LogP contribution in [-0.2, 0) is 6.42 Å². The number of phenolic OH excluding ortho intramolecular Hbond substituents is 3. The van der Waals surface area contributed by atoms with Gasteiger partial charge in [-0.05, 0) is 81.8 Å². The predicted octanol–water partition coefficient (Wildman–Crippen LogP) is 9.30. The van der Waals surface area contributed by atoms with Gasteiger partial charge < -0.3 is 24.2 Å². The Labute approximate surface area is 294 Å². The Bertz CT molecular complexity index is 2960. The predicted molar refractivity (Wildman–Crippen MR) is 208 cm³/mol. The molecule has 4 radical (unpaired) electrons. The molecule has 5 nitrogen and oxygen atoms in total. The third kappa shape index (κ3) is 4.12. The third-order valence-corrected chi connectivity index (χ3v) is 10.4. The lowest BCUT2D eigenvalue weighted by Crippen LogP contribution is -2.28. The average Bonchev–Trinajstić information content (AvgIpc) is 3.75. The van der Waals surface area contributed by atoms with E-state index >= 15 is 0 Å². The molecule has 2 heterocycles. The lowest BCUT2D eigenvalue weighted by atomic mass is 9.72. The van der Waals surface area contributed by atoms with E-state index in [1.54, 1.807) is 0 Å². The molecule has 3 N–H and O–H groups in total. The zero-order valence-electron chi connectivity index (χ0n) is 27.2. The number of phenols is 3. The van der Waals surface area contributed by atoms with Crippen LogP contribution in [0.5, 0.6) is 17.2 Å². The summed E-state index contributed by atoms with van der Waals surface area (Å²) in [5.41, 5.74) is 9.85. The van der Waals surface area contributed by atoms with Crippen LogP contribution in [0.15, 0.2) is 118 Å². The van der Waals surface area contributed by atoms with Gasteiger partial charge in [0.1, 0.15) is 38.0 Å². The number of hydrogen-bond donors (Lipinski definition) is 3. The van der Waals surface area contributed by atoms with Gasteiger partial charge in [0.2, 0.25) is 0 Å². The van der Waals surface area contributed by atoms with Crippen LogP contribution in [0.1, 0.15) is 17.5 Å². The zero-order valence-corrected chi connectivity index (χ0v) is 27.2. The van der Waals surface area contributed by atoms with Crippen LogP contribution >= 0.6 is 0 Å². The molecule has 1 aliphatic rings. The molecule has 0 fully saturated rings. The van der Waals surface area contributed by atoms with E-state index in [4.69, 9.17) is 24.5 Å². The molecule has 1 aliphatic carbocycles. The van der Waals surface area contributed by atoms with Gasteiger partial charge in [0.25, 0.3) is 0 Å². The van der Waals surface area contributed by atoms with Crippen LogP contribution in [0.25, 0.3) is 94.1 Å². The second-order valence-corrected chi connectivity index (χ2v) is 13.1. The molecule has 0 aliphatic heterocycles. The number of rotatable bonds is 3. The van der Waals surface area contributed by atoms with Crippen molar-refractivity contribution in [2.75, 3.05) is 0 Å². The van der Waals surface area contributed by atoms with Crippen LogP contribution in [0.3, 0.4) is 0 Å². The first kappa shape index (κ1) is 29.6. The van der Waals surface area contributed by atoms with E-state index in [0.29, 0.717) is 12.0 Å². The molecule has 238 valence electrons. The molecule has 0 saturated heterocycles. The molecular weight excluding hydrogens is 630 g/mol. The second kappa shape index (κ2) is 10.8. The van der Waals surface area contributed by atoms with Gasteiger partial charge in [-0.15, -0.1) is 0 Å². The van der Waals surface area contributed by atoms with Crippen LogP contribution in [0, 0.1) is 0 Å². The average molecular weight is 656 g/mol. The van der Waals surface area contributed by atoms with Crippen LogP contribution in [0.4, 0.5) is 0 Å². The lowest BCUT2D eigenvalue weighted by Gasteiger charge is -2.26. The molecule has 0 amide bonds. The highest BCUT2D eigenvalue weighted by molar-refractivity contribution is 6.53. The number of allylic oxidation sites excluding steroid dienone is 1. The number of furan rings is 2. The van der Waals surface area contributed by atoms with E-state index in [-0.39, 0.29) is 16.5 Å². The number of aromatic hydroxyl groups is 3. The van der Waals surface area contributed by atoms with E-state index in [1.165, 1.54) is 0 Å². The molecule has 51 heavy (non-hydrogen) atoms. The lowest BCUT2D eigenvalue weighted by molar-refractivity contribution is 0.371. The number of para-hydroxylation sites is 2. The fourth-order valence-electron chi connectivity index (χ4n) is 8.12. The van der Waals surface area contributed by atoms with Crippen LogP contribution < -0.4 is 10.9 Å². The Hall–Kier alpha value is -6.33. The fraction of sp³-hybridized carbons (Fsp3) is 0.0455. The van der Waals surface area contributed by atoms with Crippen molar-refractivity contribution in [3.63, 3.8) is 0 Å². The van der Waals surface area contributed by atoms with Crippen LogP contribution in [0.2, 0.25) is 0 Å². The summed E-state index contributed by atoms with van der Waals surface area (Å²) in [5, 5.41) is 38.2. The van der Waals surface area contributed by atoms with Crippen molar-refractivity contribution < 1.29 is 24.2 Å². The summed E-state index contributed by atoms with van der Waals surface area (Å²) in [6.45, 7) is 0. The normalized spacial score (nSPS) is 12.9. The maximum atomic E-state index is 11.3. The van der Waals surface area contributed by atoms with Gasteiger partial charge in [0.05, 0.1) is 0 Å². The van der Waals surface area contributed by atoms with E-state index in [9.17, 15) is 15.3 Å². The van der Waals surface area contributed by atoms with Gasteiger partial charge in [0, 0.05) is 38.2 Å². The maximum Gasteiger partial charge on any atom is 0.200 e. The summed E-state index contributed by atoms with van der Waals surface area (Å²) >= 11 is 0. The molecule has 2 aromatic heterocycles. The fourth-order valence-corrected chi connectivity index (χ4v) is 8.12. The quantitative estimate of drug-likeness (QED) is 0.130. The smallest absolute Gasteiger partial charge is 0.200 e. The van der Waals surface area contributed by atoms with Gasteiger partial charge in [-0.2, -0.15) is 0 Å². The van der Waals surface area contributed by atoms with Crippen molar-refractivity contribution in [3.05, 3.63) is 120 Å². The number of benzene rings is 7. The SMILES string of the molecule is [B]c1c([B])c(-c2c3c(c(-c4ccc(-c5ccc6oc7ccccc7c6c5)c5c4oc4ccccc45)c4ccccc24)CCC=C3)c(O)c(O)c1O. The Morgan fingerprint density at radius 2 is 1.18 bits per heavy atom. The Morgan fingerprint density at radius 3 is 1.96 bits per heavy atom. The number of hydrogen-bond acceptors (Lipinski definition) is 5. The highest BCUT2D eigenvalue weighted by Gasteiger charge is 2.28. The summed E-state index contributed by atoms with van der Waals surface area (Å²) in [5.74, 6) is -1.88. The monoisotopic (exact) mass is 656 g/mol. The Balaban J connectivity index is 1.30. The zero-order chi connectivity index (χ0) is 34.5.